The van der Waals surface area contributed by atoms with E-state index in [1.807, 2.05) is 20.8 Å². The van der Waals surface area contributed by atoms with E-state index >= 15 is 0 Å². The smallest absolute Gasteiger partial charge is 0.410 e. The van der Waals surface area contributed by atoms with Crippen LogP contribution in [0, 0.1) is 5.41 Å². The van der Waals surface area contributed by atoms with Gasteiger partial charge in [0.25, 0.3) is 0 Å². The molecule has 1 aliphatic heterocycles. The lowest BCUT2D eigenvalue weighted by atomic mass is 9.76. The van der Waals surface area contributed by atoms with Gasteiger partial charge in [-0.25, -0.2) is 4.79 Å². The fraction of sp³-hybridized carbons (Fsp3) is 0.867. The second-order valence-corrected chi connectivity index (χ2v) is 7.00. The Labute approximate surface area is 120 Å². The maximum Gasteiger partial charge on any atom is 0.410 e. The quantitative estimate of drug-likeness (QED) is 0.803. The van der Waals surface area contributed by atoms with Crippen molar-refractivity contribution in [2.75, 3.05) is 6.54 Å². The Bertz CT molecular complexity index is 401. The van der Waals surface area contributed by atoms with Crippen LogP contribution in [0.1, 0.15) is 59.3 Å². The first kappa shape index (κ1) is 15.1. The minimum atomic E-state index is -0.757. The third-order valence-electron chi connectivity index (χ3n) is 4.47. The highest BCUT2D eigenvalue weighted by molar-refractivity contribution is 5.79. The Morgan fingerprint density at radius 1 is 1.20 bits per heavy atom. The summed E-state index contributed by atoms with van der Waals surface area (Å²) >= 11 is 0. The summed E-state index contributed by atoms with van der Waals surface area (Å²) in [5, 5.41) is 9.68. The van der Waals surface area contributed by atoms with Gasteiger partial charge in [-0.1, -0.05) is 19.3 Å². The molecule has 0 spiro atoms. The van der Waals surface area contributed by atoms with Crippen molar-refractivity contribution in [2.24, 2.45) is 5.41 Å². The normalized spacial score (nSPS) is 30.6. The predicted octanol–water partition coefficient (Wildman–Crippen LogP) is 3.03. The molecule has 0 bridgehead atoms. The molecular weight excluding hydrogens is 258 g/mol. The molecule has 2 aliphatic rings. The van der Waals surface area contributed by atoms with Crippen molar-refractivity contribution in [3.05, 3.63) is 0 Å². The standard InChI is InChI=1S/C15H25NO4/c1-14(2,3)20-13(19)16-10-9-15(12(17)18)8-6-4-5-7-11(15)16/h11H,4-10H2,1-3H3,(H,17,18). The molecule has 1 saturated carbocycles. The molecule has 0 aromatic rings. The lowest BCUT2D eigenvalue weighted by Crippen LogP contribution is -2.47. The van der Waals surface area contributed by atoms with E-state index in [0.717, 1.165) is 25.7 Å². The number of aliphatic carboxylic acids is 1. The van der Waals surface area contributed by atoms with Crippen LogP contribution in [-0.4, -0.2) is 40.3 Å². The molecule has 0 aromatic carbocycles. The summed E-state index contributed by atoms with van der Waals surface area (Å²) in [5.74, 6) is -0.754. The van der Waals surface area contributed by atoms with Crippen LogP contribution < -0.4 is 0 Å². The first-order chi connectivity index (χ1) is 9.26. The van der Waals surface area contributed by atoms with Gasteiger partial charge in [-0.15, -0.1) is 0 Å². The van der Waals surface area contributed by atoms with Gasteiger partial charge in [0.05, 0.1) is 11.5 Å². The average Bonchev–Trinajstić information content (AvgIpc) is 2.54. The van der Waals surface area contributed by atoms with Crippen LogP contribution in [-0.2, 0) is 9.53 Å². The number of hydrogen-bond acceptors (Lipinski definition) is 3. The minimum Gasteiger partial charge on any atom is -0.481 e. The van der Waals surface area contributed by atoms with Crippen LogP contribution in [0.25, 0.3) is 0 Å². The molecule has 5 heteroatoms. The van der Waals surface area contributed by atoms with Crippen LogP contribution in [0.2, 0.25) is 0 Å². The van der Waals surface area contributed by atoms with E-state index in [4.69, 9.17) is 4.74 Å². The third-order valence-corrected chi connectivity index (χ3v) is 4.47. The molecule has 2 unspecified atom stereocenters. The summed E-state index contributed by atoms with van der Waals surface area (Å²) in [6.07, 6.45) is 4.59. The van der Waals surface area contributed by atoms with E-state index < -0.39 is 17.0 Å². The van der Waals surface area contributed by atoms with E-state index in [1.54, 1.807) is 4.90 Å². The van der Waals surface area contributed by atoms with Crippen molar-refractivity contribution >= 4 is 12.1 Å². The topological polar surface area (TPSA) is 66.8 Å². The van der Waals surface area contributed by atoms with E-state index in [1.165, 1.54) is 0 Å². The van der Waals surface area contributed by atoms with Gasteiger partial charge < -0.3 is 14.7 Å². The van der Waals surface area contributed by atoms with Crippen molar-refractivity contribution in [3.63, 3.8) is 0 Å². The van der Waals surface area contributed by atoms with Crippen LogP contribution in [0.4, 0.5) is 4.79 Å². The summed E-state index contributed by atoms with van der Waals surface area (Å²) < 4.78 is 5.43. The summed E-state index contributed by atoms with van der Waals surface area (Å²) in [7, 11) is 0. The molecule has 0 radical (unpaired) electrons. The molecule has 114 valence electrons. The number of amides is 1. The van der Waals surface area contributed by atoms with Gasteiger partial charge in [0.1, 0.15) is 5.60 Å². The maximum atomic E-state index is 12.3. The number of carboxylic acid groups (broad SMARTS) is 1. The zero-order chi connectivity index (χ0) is 15.0. The van der Waals surface area contributed by atoms with Crippen molar-refractivity contribution in [2.45, 2.75) is 70.9 Å². The van der Waals surface area contributed by atoms with E-state index in [9.17, 15) is 14.7 Å². The predicted molar refractivity (Wildman–Crippen MR) is 74.5 cm³/mol. The van der Waals surface area contributed by atoms with Crippen molar-refractivity contribution in [3.8, 4) is 0 Å². The summed E-state index contributed by atoms with van der Waals surface area (Å²) in [4.78, 5) is 25.7. The Morgan fingerprint density at radius 2 is 1.90 bits per heavy atom. The summed E-state index contributed by atoms with van der Waals surface area (Å²) in [6.45, 7) is 5.99. The fourth-order valence-electron chi connectivity index (χ4n) is 3.51. The Balaban J connectivity index is 2.21. The van der Waals surface area contributed by atoms with Crippen LogP contribution in [0.3, 0.4) is 0 Å². The molecule has 0 aromatic heterocycles. The molecule has 2 rings (SSSR count). The third kappa shape index (κ3) is 2.76. The van der Waals surface area contributed by atoms with E-state index in [2.05, 4.69) is 0 Å². The fourth-order valence-corrected chi connectivity index (χ4v) is 3.51. The number of likely N-dealkylation sites (tertiary alicyclic amines) is 1. The Kier molecular flexibility index (Phi) is 3.98. The molecule has 1 saturated heterocycles. The average molecular weight is 283 g/mol. The van der Waals surface area contributed by atoms with Crippen LogP contribution >= 0.6 is 0 Å². The lowest BCUT2D eigenvalue weighted by Gasteiger charge is -2.34. The molecule has 5 nitrogen and oxygen atoms in total. The van der Waals surface area contributed by atoms with Gasteiger partial charge in [0.15, 0.2) is 0 Å². The second kappa shape index (κ2) is 5.26. The van der Waals surface area contributed by atoms with Gasteiger partial charge in [-0.05, 0) is 40.0 Å². The van der Waals surface area contributed by atoms with Gasteiger partial charge in [0, 0.05) is 6.54 Å². The van der Waals surface area contributed by atoms with Crippen molar-refractivity contribution in [1.82, 2.24) is 4.90 Å². The number of rotatable bonds is 1. The zero-order valence-corrected chi connectivity index (χ0v) is 12.6. The van der Waals surface area contributed by atoms with Gasteiger partial charge in [0.2, 0.25) is 0 Å². The molecule has 2 atom stereocenters. The van der Waals surface area contributed by atoms with Crippen LogP contribution in [0.15, 0.2) is 0 Å². The molecule has 1 amide bonds. The number of fused-ring (bicyclic) bond motifs is 1. The van der Waals surface area contributed by atoms with Gasteiger partial charge >= 0.3 is 12.1 Å². The highest BCUT2D eigenvalue weighted by Gasteiger charge is 2.54. The number of ether oxygens (including phenoxy) is 1. The van der Waals surface area contributed by atoms with Crippen LogP contribution in [0.5, 0.6) is 0 Å². The SMILES string of the molecule is CC(C)(C)OC(=O)N1CCC2(C(=O)O)CCCCCC12. The van der Waals surface area contributed by atoms with Crippen molar-refractivity contribution < 1.29 is 19.4 Å². The molecular formula is C15H25NO4. The number of carbonyl (C=O) groups excluding carboxylic acids is 1. The second-order valence-electron chi connectivity index (χ2n) is 7.00. The maximum absolute atomic E-state index is 12.3. The first-order valence-electron chi connectivity index (χ1n) is 7.49. The van der Waals surface area contributed by atoms with Gasteiger partial charge in [-0.3, -0.25) is 4.79 Å². The van der Waals surface area contributed by atoms with E-state index in [0.29, 0.717) is 19.4 Å². The molecule has 1 N–H and O–H groups in total. The zero-order valence-electron chi connectivity index (χ0n) is 12.6. The Morgan fingerprint density at radius 3 is 2.50 bits per heavy atom. The lowest BCUT2D eigenvalue weighted by molar-refractivity contribution is -0.150. The molecule has 1 aliphatic carbocycles. The summed E-state index contributed by atoms with van der Waals surface area (Å²) in [5.41, 5.74) is -1.30. The largest absolute Gasteiger partial charge is 0.481 e. The number of carboxylic acids is 1. The highest BCUT2D eigenvalue weighted by Crippen LogP contribution is 2.46. The number of carbonyl (C=O) groups is 2. The molecule has 20 heavy (non-hydrogen) atoms. The number of hydrogen-bond donors (Lipinski definition) is 1. The monoisotopic (exact) mass is 283 g/mol. The Hall–Kier alpha value is -1.26. The molecule has 1 heterocycles. The molecule has 2 fully saturated rings. The summed E-state index contributed by atoms with van der Waals surface area (Å²) in [6, 6.07) is -0.211. The number of nitrogens with zero attached hydrogens (tertiary/aromatic N) is 1. The van der Waals surface area contributed by atoms with Gasteiger partial charge in [-0.2, -0.15) is 0 Å². The van der Waals surface area contributed by atoms with E-state index in [-0.39, 0.29) is 12.1 Å². The minimum absolute atomic E-state index is 0.211. The highest BCUT2D eigenvalue weighted by atomic mass is 16.6. The van der Waals surface area contributed by atoms with Crippen molar-refractivity contribution in [1.29, 1.82) is 0 Å². The first-order valence-corrected chi connectivity index (χ1v) is 7.49.